The fourth-order valence-electron chi connectivity index (χ4n) is 1.49. The highest BCUT2D eigenvalue weighted by Gasteiger charge is 2.21. The van der Waals surface area contributed by atoms with Crippen molar-refractivity contribution in [2.45, 2.75) is 32.8 Å². The Labute approximate surface area is 98.6 Å². The summed E-state index contributed by atoms with van der Waals surface area (Å²) >= 11 is 0. The van der Waals surface area contributed by atoms with E-state index in [1.54, 1.807) is 6.92 Å². The first kappa shape index (κ1) is 13.4. The summed E-state index contributed by atoms with van der Waals surface area (Å²) in [4.78, 5) is 11.5. The van der Waals surface area contributed by atoms with Gasteiger partial charge in [0, 0.05) is 5.69 Å². The molecule has 1 rings (SSSR count). The van der Waals surface area contributed by atoms with Gasteiger partial charge in [0.05, 0.1) is 6.10 Å². The minimum absolute atomic E-state index is 0.0712. The predicted molar refractivity (Wildman–Crippen MR) is 60.6 cm³/mol. The first-order valence-electron chi connectivity index (χ1n) is 5.41. The zero-order valence-corrected chi connectivity index (χ0v) is 9.80. The molecule has 0 radical (unpaired) electrons. The summed E-state index contributed by atoms with van der Waals surface area (Å²) in [7, 11) is 0. The molecular weight excluding hydrogens is 228 g/mol. The molecule has 0 bridgehead atoms. The lowest BCUT2D eigenvalue weighted by Crippen LogP contribution is -2.17. The van der Waals surface area contributed by atoms with Crippen LogP contribution >= 0.6 is 0 Å². The van der Waals surface area contributed by atoms with Crippen LogP contribution in [0.2, 0.25) is 0 Å². The second-order valence-corrected chi connectivity index (χ2v) is 3.86. The number of nitrogens with two attached hydrogens (primary N) is 1. The molecule has 5 heteroatoms. The number of anilines is 1. The van der Waals surface area contributed by atoms with Crippen LogP contribution in [0.1, 0.15) is 37.0 Å². The summed E-state index contributed by atoms with van der Waals surface area (Å²) in [6.45, 7) is 3.60. The monoisotopic (exact) mass is 243 g/mol. The van der Waals surface area contributed by atoms with Gasteiger partial charge in [-0.15, -0.1) is 0 Å². The lowest BCUT2D eigenvalue weighted by Gasteiger charge is -2.13. The molecule has 0 aliphatic rings. The van der Waals surface area contributed by atoms with Gasteiger partial charge in [0.1, 0.15) is 17.2 Å². The summed E-state index contributed by atoms with van der Waals surface area (Å²) in [6, 6.07) is 1.79. The van der Waals surface area contributed by atoms with Crippen LogP contribution in [-0.2, 0) is 4.74 Å². The van der Waals surface area contributed by atoms with Crippen LogP contribution in [0.15, 0.2) is 12.1 Å². The van der Waals surface area contributed by atoms with Crippen LogP contribution in [0.25, 0.3) is 0 Å². The minimum atomic E-state index is -1.00. The van der Waals surface area contributed by atoms with Gasteiger partial charge in [0.25, 0.3) is 0 Å². The maximum absolute atomic E-state index is 13.4. The van der Waals surface area contributed by atoms with E-state index in [0.29, 0.717) is 6.42 Å². The Morgan fingerprint density at radius 3 is 2.41 bits per heavy atom. The van der Waals surface area contributed by atoms with Gasteiger partial charge >= 0.3 is 5.97 Å². The van der Waals surface area contributed by atoms with E-state index >= 15 is 0 Å². The molecule has 94 valence electrons. The number of hydrogen-bond donors (Lipinski definition) is 1. The van der Waals surface area contributed by atoms with Crippen molar-refractivity contribution in [2.75, 3.05) is 5.73 Å². The standard InChI is InChI=1S/C12H15F2NO2/c1-3-4-7(2)17-12(16)11-9(13)5-8(15)6-10(11)14/h5-7H,3-4,15H2,1-2H3. The molecule has 0 aliphatic carbocycles. The van der Waals surface area contributed by atoms with Crippen LogP contribution in [0.4, 0.5) is 14.5 Å². The van der Waals surface area contributed by atoms with Crippen LogP contribution in [0.5, 0.6) is 0 Å². The normalized spacial score (nSPS) is 12.2. The zero-order valence-electron chi connectivity index (χ0n) is 9.80. The number of ether oxygens (including phenoxy) is 1. The summed E-state index contributed by atoms with van der Waals surface area (Å²) in [5, 5.41) is 0. The molecule has 0 aliphatic heterocycles. The maximum Gasteiger partial charge on any atom is 0.344 e. The van der Waals surface area contributed by atoms with Gasteiger partial charge in [-0.25, -0.2) is 13.6 Å². The molecule has 0 spiro atoms. The van der Waals surface area contributed by atoms with E-state index in [9.17, 15) is 13.6 Å². The largest absolute Gasteiger partial charge is 0.459 e. The van der Waals surface area contributed by atoms with Crippen LogP contribution in [-0.4, -0.2) is 12.1 Å². The highest BCUT2D eigenvalue weighted by Crippen LogP contribution is 2.18. The van der Waals surface area contributed by atoms with Crippen molar-refractivity contribution in [3.8, 4) is 0 Å². The van der Waals surface area contributed by atoms with E-state index in [4.69, 9.17) is 10.5 Å². The van der Waals surface area contributed by atoms with Gasteiger partial charge in [0.15, 0.2) is 0 Å². The molecule has 2 N–H and O–H groups in total. The molecule has 0 amide bonds. The topological polar surface area (TPSA) is 52.3 Å². The second-order valence-electron chi connectivity index (χ2n) is 3.86. The van der Waals surface area contributed by atoms with Gasteiger partial charge < -0.3 is 10.5 Å². The number of carbonyl (C=O) groups excluding carboxylic acids is 1. The van der Waals surface area contributed by atoms with E-state index in [1.165, 1.54) is 0 Å². The van der Waals surface area contributed by atoms with Crippen molar-refractivity contribution in [1.82, 2.24) is 0 Å². The fraction of sp³-hybridized carbons (Fsp3) is 0.417. The summed E-state index contributed by atoms with van der Waals surface area (Å²) in [5.74, 6) is -3.01. The van der Waals surface area contributed by atoms with E-state index in [1.807, 2.05) is 6.92 Å². The molecule has 1 aromatic carbocycles. The third kappa shape index (κ3) is 3.41. The van der Waals surface area contributed by atoms with Crippen molar-refractivity contribution >= 4 is 11.7 Å². The minimum Gasteiger partial charge on any atom is -0.459 e. The van der Waals surface area contributed by atoms with Gasteiger partial charge in [0.2, 0.25) is 0 Å². The Kier molecular flexibility index (Phi) is 4.43. The van der Waals surface area contributed by atoms with E-state index in [0.717, 1.165) is 18.6 Å². The van der Waals surface area contributed by atoms with Crippen molar-refractivity contribution in [2.24, 2.45) is 0 Å². The Morgan fingerprint density at radius 1 is 1.41 bits per heavy atom. The molecule has 0 heterocycles. The van der Waals surface area contributed by atoms with Gasteiger partial charge in [-0.05, 0) is 25.5 Å². The Bertz CT molecular complexity index is 398. The first-order valence-corrected chi connectivity index (χ1v) is 5.41. The number of benzene rings is 1. The number of hydrogen-bond acceptors (Lipinski definition) is 3. The zero-order chi connectivity index (χ0) is 13.0. The third-order valence-electron chi connectivity index (χ3n) is 2.27. The van der Waals surface area contributed by atoms with Crippen LogP contribution in [0.3, 0.4) is 0 Å². The number of carbonyl (C=O) groups is 1. The summed E-state index contributed by atoms with van der Waals surface area (Å²) < 4.78 is 31.7. The predicted octanol–water partition coefficient (Wildman–Crippen LogP) is 2.89. The lowest BCUT2D eigenvalue weighted by molar-refractivity contribution is 0.0312. The summed E-state index contributed by atoms with van der Waals surface area (Å²) in [6.07, 6.45) is 1.09. The highest BCUT2D eigenvalue weighted by molar-refractivity contribution is 5.90. The lowest BCUT2D eigenvalue weighted by atomic mass is 10.1. The van der Waals surface area contributed by atoms with Crippen molar-refractivity contribution in [3.63, 3.8) is 0 Å². The Hall–Kier alpha value is -1.65. The van der Waals surface area contributed by atoms with Crippen LogP contribution in [0, 0.1) is 11.6 Å². The van der Waals surface area contributed by atoms with Gasteiger partial charge in [-0.2, -0.15) is 0 Å². The molecule has 17 heavy (non-hydrogen) atoms. The quantitative estimate of drug-likeness (QED) is 0.653. The van der Waals surface area contributed by atoms with E-state index in [2.05, 4.69) is 0 Å². The Morgan fingerprint density at radius 2 is 1.94 bits per heavy atom. The third-order valence-corrected chi connectivity index (χ3v) is 2.27. The highest BCUT2D eigenvalue weighted by atomic mass is 19.1. The van der Waals surface area contributed by atoms with E-state index < -0.39 is 23.2 Å². The molecule has 3 nitrogen and oxygen atoms in total. The number of rotatable bonds is 4. The van der Waals surface area contributed by atoms with Gasteiger partial charge in [-0.1, -0.05) is 13.3 Å². The van der Waals surface area contributed by atoms with Crippen LogP contribution < -0.4 is 5.73 Å². The molecule has 1 aromatic rings. The molecule has 0 saturated heterocycles. The maximum atomic E-state index is 13.4. The average molecular weight is 243 g/mol. The number of nitrogen functional groups attached to an aromatic ring is 1. The van der Waals surface area contributed by atoms with Gasteiger partial charge in [-0.3, -0.25) is 0 Å². The first-order chi connectivity index (χ1) is 7.95. The second kappa shape index (κ2) is 5.61. The average Bonchev–Trinajstić information content (AvgIpc) is 2.15. The molecule has 0 aromatic heterocycles. The Balaban J connectivity index is 2.89. The molecule has 0 saturated carbocycles. The molecule has 0 fully saturated rings. The number of esters is 1. The summed E-state index contributed by atoms with van der Waals surface area (Å²) in [5.41, 5.74) is 4.48. The fourth-order valence-corrected chi connectivity index (χ4v) is 1.49. The smallest absolute Gasteiger partial charge is 0.344 e. The number of halogens is 2. The SMILES string of the molecule is CCCC(C)OC(=O)c1c(F)cc(N)cc1F. The van der Waals surface area contributed by atoms with Crippen molar-refractivity contribution < 1.29 is 18.3 Å². The van der Waals surface area contributed by atoms with Crippen molar-refractivity contribution in [1.29, 1.82) is 0 Å². The molecular formula is C12H15F2NO2. The van der Waals surface area contributed by atoms with E-state index in [-0.39, 0.29) is 11.8 Å². The molecule has 1 unspecified atom stereocenters. The van der Waals surface area contributed by atoms with Crippen molar-refractivity contribution in [3.05, 3.63) is 29.3 Å². The molecule has 1 atom stereocenters.